The van der Waals surface area contributed by atoms with E-state index in [0.29, 0.717) is 22.0 Å². The number of aliphatic imine (C=N–C) groups is 1. The SMILES string of the molecule is CC(C)Oc1ccc(C(=O)Nc2ccc(C3=NC4C=C(/C=C\C=C/C4)N3)cc2)cc1Cl.CCCN. The van der Waals surface area contributed by atoms with Crippen molar-refractivity contribution in [2.45, 2.75) is 45.8 Å². The van der Waals surface area contributed by atoms with E-state index in [9.17, 15) is 4.79 Å². The van der Waals surface area contributed by atoms with Gasteiger partial charge in [-0.05, 0) is 87.9 Å². The van der Waals surface area contributed by atoms with Gasteiger partial charge in [0.2, 0.25) is 0 Å². The molecule has 1 aliphatic heterocycles. The summed E-state index contributed by atoms with van der Waals surface area (Å²) in [6.45, 7) is 6.73. The predicted molar refractivity (Wildman–Crippen MR) is 145 cm³/mol. The molecule has 4 N–H and O–H groups in total. The fraction of sp³-hybridized carbons (Fsp3) is 0.286. The standard InChI is InChI=1S/C25H24ClN3O2.C3H9N/c1-16(2)31-23-13-10-18(14-22(23)26)25(30)29-19-11-8-17(9-12-19)24-27-20-6-4-3-5-7-21(15-20)28-24;1-2-3-4/h3-6,8-16,21H,7H2,1-2H3,(H,27,28)(H,29,30);2-4H2,1H3/b5-3-,6-4-;. The van der Waals surface area contributed by atoms with Gasteiger partial charge in [0, 0.05) is 22.5 Å². The van der Waals surface area contributed by atoms with Gasteiger partial charge in [0.15, 0.2) is 0 Å². The van der Waals surface area contributed by atoms with E-state index in [0.717, 1.165) is 36.5 Å². The van der Waals surface area contributed by atoms with Crippen LogP contribution in [0.2, 0.25) is 5.02 Å². The summed E-state index contributed by atoms with van der Waals surface area (Å²) >= 11 is 6.25. The zero-order valence-corrected chi connectivity index (χ0v) is 21.2. The highest BCUT2D eigenvalue weighted by Crippen LogP contribution is 2.27. The maximum atomic E-state index is 12.6. The fourth-order valence-corrected chi connectivity index (χ4v) is 3.57. The number of halogens is 1. The molecule has 2 aromatic carbocycles. The van der Waals surface area contributed by atoms with Crippen LogP contribution in [0, 0.1) is 0 Å². The molecule has 2 bridgehead atoms. The molecule has 2 aromatic rings. The van der Waals surface area contributed by atoms with Crippen LogP contribution in [-0.2, 0) is 0 Å². The molecule has 1 atom stereocenters. The zero-order valence-electron chi connectivity index (χ0n) is 20.4. The van der Waals surface area contributed by atoms with Crippen molar-refractivity contribution < 1.29 is 9.53 Å². The molecule has 4 rings (SSSR count). The van der Waals surface area contributed by atoms with Gasteiger partial charge in [-0.25, -0.2) is 0 Å². The van der Waals surface area contributed by atoms with Gasteiger partial charge in [-0.15, -0.1) is 0 Å². The highest BCUT2D eigenvalue weighted by Gasteiger charge is 2.16. The minimum atomic E-state index is -0.233. The summed E-state index contributed by atoms with van der Waals surface area (Å²) in [7, 11) is 0. The number of nitrogens with zero attached hydrogens (tertiary/aromatic N) is 1. The number of amides is 1. The highest BCUT2D eigenvalue weighted by molar-refractivity contribution is 6.32. The summed E-state index contributed by atoms with van der Waals surface area (Å²) in [5.74, 6) is 1.16. The van der Waals surface area contributed by atoms with E-state index in [-0.39, 0.29) is 18.1 Å². The van der Waals surface area contributed by atoms with Crippen LogP contribution in [0.4, 0.5) is 5.69 Å². The quantitative estimate of drug-likeness (QED) is 0.471. The van der Waals surface area contributed by atoms with Gasteiger partial charge in [-0.2, -0.15) is 0 Å². The molecule has 6 nitrogen and oxygen atoms in total. The molecular formula is C28H33ClN4O2. The second-order valence-corrected chi connectivity index (χ2v) is 8.85. The first kappa shape index (κ1) is 26.3. The number of fused-ring (bicyclic) bond motifs is 1. The van der Waals surface area contributed by atoms with Crippen molar-refractivity contribution in [1.82, 2.24) is 5.32 Å². The van der Waals surface area contributed by atoms with Gasteiger partial charge >= 0.3 is 0 Å². The Morgan fingerprint density at radius 3 is 2.63 bits per heavy atom. The molecule has 7 heteroatoms. The monoisotopic (exact) mass is 492 g/mol. The van der Waals surface area contributed by atoms with Gasteiger partial charge < -0.3 is 21.1 Å². The molecule has 0 spiro atoms. The number of nitrogens with one attached hydrogen (secondary N) is 2. The van der Waals surface area contributed by atoms with Crippen molar-refractivity contribution in [2.75, 3.05) is 11.9 Å². The van der Waals surface area contributed by atoms with Gasteiger partial charge in [-0.3, -0.25) is 9.79 Å². The van der Waals surface area contributed by atoms with Crippen LogP contribution in [0.1, 0.15) is 49.5 Å². The topological polar surface area (TPSA) is 88.7 Å². The molecule has 1 aliphatic carbocycles. The summed E-state index contributed by atoms with van der Waals surface area (Å²) in [6, 6.07) is 12.8. The van der Waals surface area contributed by atoms with Crippen LogP contribution in [-0.4, -0.2) is 30.4 Å². The minimum Gasteiger partial charge on any atom is -0.489 e. The fourth-order valence-electron chi connectivity index (χ4n) is 3.35. The van der Waals surface area contributed by atoms with E-state index in [1.165, 1.54) is 0 Å². The van der Waals surface area contributed by atoms with E-state index in [1.807, 2.05) is 56.3 Å². The number of carbonyl (C=O) groups excluding carboxylic acids is 1. The number of allylic oxidation sites excluding steroid dienone is 3. The Kier molecular flexibility index (Phi) is 9.70. The van der Waals surface area contributed by atoms with Crippen molar-refractivity contribution in [3.8, 4) is 5.75 Å². The lowest BCUT2D eigenvalue weighted by atomic mass is 10.1. The number of carbonyl (C=O) groups is 1. The van der Waals surface area contributed by atoms with E-state index in [1.54, 1.807) is 18.2 Å². The molecule has 0 radical (unpaired) electrons. The molecule has 2 aliphatic rings. The lowest BCUT2D eigenvalue weighted by Crippen LogP contribution is -2.30. The number of nitrogens with two attached hydrogens (primary N) is 1. The molecule has 0 fully saturated rings. The van der Waals surface area contributed by atoms with Gasteiger partial charge in [0.25, 0.3) is 5.91 Å². The van der Waals surface area contributed by atoms with Crippen molar-refractivity contribution in [1.29, 1.82) is 0 Å². The lowest BCUT2D eigenvalue weighted by Gasteiger charge is -2.21. The molecule has 1 amide bonds. The molecule has 184 valence electrons. The Bertz CT molecular complexity index is 1130. The Morgan fingerprint density at radius 1 is 1.23 bits per heavy atom. The molecule has 0 saturated heterocycles. The van der Waals surface area contributed by atoms with E-state index in [2.05, 4.69) is 29.7 Å². The maximum absolute atomic E-state index is 12.6. The lowest BCUT2D eigenvalue weighted by molar-refractivity contribution is 0.102. The number of ether oxygens (including phenoxy) is 1. The Hall–Kier alpha value is -3.35. The number of hydrogen-bond acceptors (Lipinski definition) is 5. The van der Waals surface area contributed by atoms with Crippen LogP contribution >= 0.6 is 11.6 Å². The van der Waals surface area contributed by atoms with Crippen LogP contribution in [0.15, 0.2) is 83.5 Å². The third-order valence-corrected chi connectivity index (χ3v) is 5.39. The van der Waals surface area contributed by atoms with Crippen LogP contribution in [0.3, 0.4) is 0 Å². The largest absolute Gasteiger partial charge is 0.489 e. The first-order valence-corrected chi connectivity index (χ1v) is 12.2. The van der Waals surface area contributed by atoms with Gasteiger partial charge in [-0.1, -0.05) is 36.8 Å². The van der Waals surface area contributed by atoms with Crippen molar-refractivity contribution >= 4 is 29.0 Å². The third kappa shape index (κ3) is 7.84. The first-order chi connectivity index (χ1) is 16.9. The Balaban J connectivity index is 0.000000795. The normalized spacial score (nSPS) is 17.9. The van der Waals surface area contributed by atoms with Crippen molar-refractivity contribution in [3.05, 3.63) is 94.7 Å². The zero-order chi connectivity index (χ0) is 25.2. The second kappa shape index (κ2) is 12.9. The summed E-state index contributed by atoms with van der Waals surface area (Å²) in [6.07, 6.45) is 12.3. The minimum absolute atomic E-state index is 0.0103. The van der Waals surface area contributed by atoms with E-state index < -0.39 is 0 Å². The molecular weight excluding hydrogens is 460 g/mol. The van der Waals surface area contributed by atoms with Crippen LogP contribution in [0.25, 0.3) is 0 Å². The molecule has 1 unspecified atom stereocenters. The average molecular weight is 493 g/mol. The van der Waals surface area contributed by atoms with Gasteiger partial charge in [0.05, 0.1) is 17.2 Å². The molecule has 0 saturated carbocycles. The Morgan fingerprint density at radius 2 is 1.97 bits per heavy atom. The van der Waals surface area contributed by atoms with Crippen LogP contribution in [0.5, 0.6) is 5.75 Å². The van der Waals surface area contributed by atoms with Crippen LogP contribution < -0.4 is 21.1 Å². The third-order valence-electron chi connectivity index (χ3n) is 5.09. The predicted octanol–water partition coefficient (Wildman–Crippen LogP) is 5.85. The average Bonchev–Trinajstić information content (AvgIpc) is 2.84. The van der Waals surface area contributed by atoms with Crippen molar-refractivity contribution in [3.63, 3.8) is 0 Å². The molecule has 1 heterocycles. The van der Waals surface area contributed by atoms with Gasteiger partial charge in [0.1, 0.15) is 11.6 Å². The number of rotatable bonds is 6. The maximum Gasteiger partial charge on any atom is 0.255 e. The summed E-state index contributed by atoms with van der Waals surface area (Å²) in [5, 5.41) is 6.67. The number of anilines is 1. The van der Waals surface area contributed by atoms with Crippen molar-refractivity contribution in [2.24, 2.45) is 10.7 Å². The molecule has 35 heavy (non-hydrogen) atoms. The highest BCUT2D eigenvalue weighted by atomic mass is 35.5. The summed E-state index contributed by atoms with van der Waals surface area (Å²) in [5.41, 5.74) is 8.19. The van der Waals surface area contributed by atoms with E-state index in [4.69, 9.17) is 27.1 Å². The molecule has 0 aromatic heterocycles. The number of hydrogen-bond donors (Lipinski definition) is 3. The first-order valence-electron chi connectivity index (χ1n) is 11.9. The summed E-state index contributed by atoms with van der Waals surface area (Å²) in [4.78, 5) is 17.4. The number of benzene rings is 2. The summed E-state index contributed by atoms with van der Waals surface area (Å²) < 4.78 is 5.62. The number of amidine groups is 1. The second-order valence-electron chi connectivity index (χ2n) is 8.45. The van der Waals surface area contributed by atoms with E-state index >= 15 is 0 Å². The smallest absolute Gasteiger partial charge is 0.255 e. The Labute approximate surface area is 212 Å².